The number of carbonyl (C=O) groups excluding carboxylic acids is 1. The Hall–Kier alpha value is -0.340. The number of hydrogen-bond donors (Lipinski definition) is 0. The second-order valence-corrected chi connectivity index (χ2v) is 7.34. The Labute approximate surface area is 159 Å². The van der Waals surface area contributed by atoms with Crippen molar-refractivity contribution in [2.24, 2.45) is 0 Å². The Morgan fingerprint density at radius 2 is 2.04 bits per heavy atom. The second kappa shape index (κ2) is 9.22. The molecule has 1 aliphatic rings. The number of hydrogen-bond acceptors (Lipinski definition) is 4. The van der Waals surface area contributed by atoms with E-state index in [9.17, 15) is 4.79 Å². The molecule has 0 bridgehead atoms. The van der Waals surface area contributed by atoms with Crippen LogP contribution in [0.2, 0.25) is 0 Å². The lowest BCUT2D eigenvalue weighted by Gasteiger charge is -2.28. The summed E-state index contributed by atoms with van der Waals surface area (Å²) in [6.07, 6.45) is 5.02. The average Bonchev–Trinajstić information content (AvgIpc) is 3.01. The molecule has 0 aromatic heterocycles. The molecule has 23 heavy (non-hydrogen) atoms. The highest BCUT2D eigenvalue weighted by Gasteiger charge is 2.36. The van der Waals surface area contributed by atoms with Crippen molar-refractivity contribution in [2.45, 2.75) is 44.6 Å². The summed E-state index contributed by atoms with van der Waals surface area (Å²) in [5, 5.41) is 0. The van der Waals surface area contributed by atoms with E-state index in [4.69, 9.17) is 14.2 Å². The van der Waals surface area contributed by atoms with E-state index < -0.39 is 0 Å². The number of halogens is 2. The summed E-state index contributed by atoms with van der Waals surface area (Å²) < 4.78 is 17.8. The van der Waals surface area contributed by atoms with Crippen LogP contribution in [0.4, 0.5) is 0 Å². The van der Waals surface area contributed by atoms with Crippen LogP contribution in [-0.4, -0.2) is 30.3 Å². The maximum absolute atomic E-state index is 12.7. The van der Waals surface area contributed by atoms with Crippen molar-refractivity contribution < 1.29 is 19.0 Å². The van der Waals surface area contributed by atoms with Crippen LogP contribution in [0.25, 0.3) is 0 Å². The maximum Gasteiger partial charge on any atom is 0.342 e. The van der Waals surface area contributed by atoms with Gasteiger partial charge in [0, 0.05) is 3.57 Å². The summed E-state index contributed by atoms with van der Waals surface area (Å²) in [5.74, 6) is 0.265. The fraction of sp³-hybridized carbons (Fsp3) is 0.588. The molecule has 6 heteroatoms. The van der Waals surface area contributed by atoms with Crippen molar-refractivity contribution in [1.82, 2.24) is 0 Å². The van der Waals surface area contributed by atoms with Gasteiger partial charge in [-0.25, -0.2) is 4.79 Å². The summed E-state index contributed by atoms with van der Waals surface area (Å²) in [6, 6.07) is 5.56. The van der Waals surface area contributed by atoms with Crippen molar-refractivity contribution in [2.75, 3.05) is 18.7 Å². The molecule has 0 amide bonds. The molecule has 0 heterocycles. The summed E-state index contributed by atoms with van der Waals surface area (Å²) in [7, 11) is 0. The van der Waals surface area contributed by atoms with Crippen LogP contribution >= 0.6 is 38.5 Å². The van der Waals surface area contributed by atoms with Gasteiger partial charge in [0.05, 0.1) is 6.61 Å². The first-order valence-corrected chi connectivity index (χ1v) is 10.1. The quantitative estimate of drug-likeness (QED) is 0.222. The van der Waals surface area contributed by atoms with Crippen molar-refractivity contribution >= 4 is 44.5 Å². The topological polar surface area (TPSA) is 44.8 Å². The van der Waals surface area contributed by atoms with E-state index >= 15 is 0 Å². The van der Waals surface area contributed by atoms with Crippen LogP contribution < -0.4 is 4.74 Å². The molecule has 1 aromatic rings. The van der Waals surface area contributed by atoms with Gasteiger partial charge >= 0.3 is 5.97 Å². The third-order valence-corrected chi connectivity index (χ3v) is 5.19. The average molecular weight is 497 g/mol. The van der Waals surface area contributed by atoms with E-state index in [0.717, 1.165) is 35.7 Å². The van der Waals surface area contributed by atoms with Gasteiger partial charge in [-0.2, -0.15) is 0 Å². The van der Waals surface area contributed by atoms with Gasteiger partial charge in [-0.05, 0) is 72.9 Å². The number of rotatable bonds is 8. The highest BCUT2D eigenvalue weighted by atomic mass is 127. The SMILES string of the molecule is CCC1(OC(=O)c2cc(I)ccc2OCCOCBr)CCCC1. The van der Waals surface area contributed by atoms with Crippen LogP contribution in [-0.2, 0) is 9.47 Å². The van der Waals surface area contributed by atoms with Gasteiger partial charge in [-0.15, -0.1) is 0 Å². The summed E-state index contributed by atoms with van der Waals surface area (Å²) in [4.78, 5) is 12.7. The molecule has 0 N–H and O–H groups in total. The number of ether oxygens (including phenoxy) is 3. The Bertz CT molecular complexity index is 529. The first kappa shape index (κ1) is 19.0. The molecule has 0 radical (unpaired) electrons. The van der Waals surface area contributed by atoms with Crippen molar-refractivity contribution in [3.8, 4) is 5.75 Å². The van der Waals surface area contributed by atoms with E-state index in [1.54, 1.807) is 0 Å². The highest BCUT2D eigenvalue weighted by molar-refractivity contribution is 14.1. The molecule has 0 atom stereocenters. The molecular formula is C17H22BrIO4. The van der Waals surface area contributed by atoms with Gasteiger partial charge in [-0.1, -0.05) is 22.9 Å². The Balaban J connectivity index is 2.09. The minimum atomic E-state index is -0.297. The molecular weight excluding hydrogens is 475 g/mol. The summed E-state index contributed by atoms with van der Waals surface area (Å²) in [6.45, 7) is 2.94. The molecule has 1 fully saturated rings. The van der Waals surface area contributed by atoms with E-state index in [1.807, 2.05) is 18.2 Å². The standard InChI is InChI=1S/C17H22BrIO4/c1-2-17(7-3-4-8-17)23-16(20)14-11-13(19)5-6-15(14)22-10-9-21-12-18/h5-6,11H,2-4,7-10,12H2,1H3. The van der Waals surface area contributed by atoms with Gasteiger partial charge in [0.2, 0.25) is 0 Å². The zero-order valence-electron chi connectivity index (χ0n) is 13.3. The molecule has 0 unspecified atom stereocenters. The van der Waals surface area contributed by atoms with Gasteiger partial charge in [0.25, 0.3) is 0 Å². The number of esters is 1. The monoisotopic (exact) mass is 496 g/mol. The van der Waals surface area contributed by atoms with Crippen molar-refractivity contribution in [3.05, 3.63) is 27.3 Å². The maximum atomic E-state index is 12.7. The zero-order chi connectivity index (χ0) is 16.7. The molecule has 0 spiro atoms. The van der Waals surface area contributed by atoms with E-state index in [0.29, 0.717) is 30.0 Å². The van der Waals surface area contributed by atoms with Crippen molar-refractivity contribution in [3.63, 3.8) is 0 Å². The number of benzene rings is 1. The van der Waals surface area contributed by atoms with Gasteiger partial charge in [0.15, 0.2) is 0 Å². The molecule has 1 aliphatic carbocycles. The molecule has 2 rings (SSSR count). The molecule has 1 saturated carbocycles. The third kappa shape index (κ3) is 5.32. The lowest BCUT2D eigenvalue weighted by atomic mass is 9.98. The minimum absolute atomic E-state index is 0.288. The predicted molar refractivity (Wildman–Crippen MR) is 101 cm³/mol. The normalized spacial score (nSPS) is 16.3. The fourth-order valence-electron chi connectivity index (χ4n) is 2.85. The second-order valence-electron chi connectivity index (χ2n) is 5.64. The third-order valence-electron chi connectivity index (χ3n) is 4.19. The van der Waals surface area contributed by atoms with Crippen molar-refractivity contribution in [1.29, 1.82) is 0 Å². The molecule has 0 saturated heterocycles. The smallest absolute Gasteiger partial charge is 0.342 e. The van der Waals surface area contributed by atoms with Gasteiger partial charge < -0.3 is 14.2 Å². The minimum Gasteiger partial charge on any atom is -0.490 e. The van der Waals surface area contributed by atoms with E-state index in [2.05, 4.69) is 45.4 Å². The van der Waals surface area contributed by atoms with E-state index in [1.165, 1.54) is 0 Å². The van der Waals surface area contributed by atoms with Crippen LogP contribution in [0.3, 0.4) is 0 Å². The zero-order valence-corrected chi connectivity index (χ0v) is 17.0. The van der Waals surface area contributed by atoms with Crippen LogP contribution in [0.5, 0.6) is 5.75 Å². The Kier molecular flexibility index (Phi) is 7.62. The first-order valence-electron chi connectivity index (χ1n) is 7.89. The van der Waals surface area contributed by atoms with Crippen LogP contribution in [0.15, 0.2) is 18.2 Å². The Morgan fingerprint density at radius 3 is 2.70 bits per heavy atom. The van der Waals surface area contributed by atoms with Crippen LogP contribution in [0, 0.1) is 3.57 Å². The predicted octanol–water partition coefficient (Wildman–Crippen LogP) is 4.92. The first-order chi connectivity index (χ1) is 11.1. The lowest BCUT2D eigenvalue weighted by Crippen LogP contribution is -2.31. The molecule has 128 valence electrons. The summed E-state index contributed by atoms with van der Waals surface area (Å²) in [5.41, 5.74) is 0.668. The lowest BCUT2D eigenvalue weighted by molar-refractivity contribution is -0.0176. The van der Waals surface area contributed by atoms with Crippen LogP contribution in [0.1, 0.15) is 49.4 Å². The number of carbonyl (C=O) groups is 1. The largest absolute Gasteiger partial charge is 0.490 e. The van der Waals surface area contributed by atoms with Gasteiger partial charge in [-0.3, -0.25) is 0 Å². The van der Waals surface area contributed by atoms with E-state index in [-0.39, 0.29) is 11.6 Å². The fourth-order valence-corrected chi connectivity index (χ4v) is 3.57. The molecule has 0 aliphatic heterocycles. The molecule has 4 nitrogen and oxygen atoms in total. The van der Waals surface area contributed by atoms with Gasteiger partial charge in [0.1, 0.15) is 29.0 Å². The molecule has 1 aromatic carbocycles. The number of alkyl halides is 1. The summed E-state index contributed by atoms with van der Waals surface area (Å²) >= 11 is 5.38. The highest BCUT2D eigenvalue weighted by Crippen LogP contribution is 2.37. The Morgan fingerprint density at radius 1 is 1.30 bits per heavy atom.